The van der Waals surface area contributed by atoms with Crippen LogP contribution in [0.1, 0.15) is 25.8 Å². The van der Waals surface area contributed by atoms with Crippen molar-refractivity contribution >= 4 is 10.0 Å². The van der Waals surface area contributed by atoms with Gasteiger partial charge in [-0.15, -0.1) is 0 Å². The molecule has 0 radical (unpaired) electrons. The van der Waals surface area contributed by atoms with Crippen molar-refractivity contribution < 1.29 is 8.42 Å². The standard InChI is InChI=1S/C13H22N2O2S/c1-4-10-14-11-12-6-8-13(9-7-12)18(16,17)15(3)5-2/h6-9,14H,4-5,10-11H2,1-3H3. The first-order valence-corrected chi connectivity index (χ1v) is 7.72. The molecular formula is C13H22N2O2S. The molecule has 1 aromatic carbocycles. The Bertz CT molecular complexity index is 454. The zero-order valence-corrected chi connectivity index (χ0v) is 12.1. The van der Waals surface area contributed by atoms with E-state index >= 15 is 0 Å². The molecule has 0 fully saturated rings. The fraction of sp³-hybridized carbons (Fsp3) is 0.538. The molecule has 5 heteroatoms. The normalized spacial score (nSPS) is 12.0. The first-order valence-electron chi connectivity index (χ1n) is 6.28. The summed E-state index contributed by atoms with van der Waals surface area (Å²) in [6.07, 6.45) is 1.09. The topological polar surface area (TPSA) is 49.4 Å². The van der Waals surface area contributed by atoms with Gasteiger partial charge in [-0.1, -0.05) is 26.0 Å². The van der Waals surface area contributed by atoms with Gasteiger partial charge in [0.2, 0.25) is 10.0 Å². The second-order valence-electron chi connectivity index (χ2n) is 4.24. The highest BCUT2D eigenvalue weighted by atomic mass is 32.2. The van der Waals surface area contributed by atoms with Crippen molar-refractivity contribution in [3.63, 3.8) is 0 Å². The molecule has 0 aliphatic heterocycles. The van der Waals surface area contributed by atoms with Crippen molar-refractivity contribution in [1.29, 1.82) is 0 Å². The molecule has 0 bridgehead atoms. The van der Waals surface area contributed by atoms with Crippen molar-refractivity contribution in [3.8, 4) is 0 Å². The fourth-order valence-corrected chi connectivity index (χ4v) is 2.72. The highest BCUT2D eigenvalue weighted by molar-refractivity contribution is 7.89. The highest BCUT2D eigenvalue weighted by Gasteiger charge is 2.18. The van der Waals surface area contributed by atoms with Gasteiger partial charge < -0.3 is 5.32 Å². The minimum Gasteiger partial charge on any atom is -0.313 e. The summed E-state index contributed by atoms with van der Waals surface area (Å²) in [6.45, 7) is 6.16. The molecule has 0 aliphatic carbocycles. The summed E-state index contributed by atoms with van der Waals surface area (Å²) < 4.78 is 25.4. The van der Waals surface area contributed by atoms with E-state index in [0.717, 1.165) is 25.1 Å². The van der Waals surface area contributed by atoms with Crippen LogP contribution in [0, 0.1) is 0 Å². The molecule has 4 nitrogen and oxygen atoms in total. The number of hydrogen-bond donors (Lipinski definition) is 1. The van der Waals surface area contributed by atoms with E-state index in [1.54, 1.807) is 19.2 Å². The van der Waals surface area contributed by atoms with E-state index in [9.17, 15) is 8.42 Å². The lowest BCUT2D eigenvalue weighted by Gasteiger charge is -2.15. The molecule has 0 amide bonds. The molecule has 0 spiro atoms. The maximum Gasteiger partial charge on any atom is 0.242 e. The van der Waals surface area contributed by atoms with Crippen LogP contribution in [0.3, 0.4) is 0 Å². The molecule has 1 aromatic rings. The van der Waals surface area contributed by atoms with E-state index in [1.807, 2.05) is 19.1 Å². The molecule has 1 rings (SSSR count). The van der Waals surface area contributed by atoms with Crippen LogP contribution in [0.15, 0.2) is 29.2 Å². The average molecular weight is 270 g/mol. The van der Waals surface area contributed by atoms with E-state index < -0.39 is 10.0 Å². The molecule has 0 aromatic heterocycles. The highest BCUT2D eigenvalue weighted by Crippen LogP contribution is 2.14. The van der Waals surface area contributed by atoms with Crippen LogP contribution in [-0.4, -0.2) is 32.9 Å². The van der Waals surface area contributed by atoms with Gasteiger partial charge in [0.1, 0.15) is 0 Å². The summed E-state index contributed by atoms with van der Waals surface area (Å²) >= 11 is 0. The third kappa shape index (κ3) is 3.80. The minimum absolute atomic E-state index is 0.353. The molecule has 1 N–H and O–H groups in total. The minimum atomic E-state index is -3.32. The number of rotatable bonds is 7. The fourth-order valence-electron chi connectivity index (χ4n) is 1.54. The van der Waals surface area contributed by atoms with Gasteiger partial charge in [-0.05, 0) is 30.7 Å². The second-order valence-corrected chi connectivity index (χ2v) is 6.28. The predicted octanol–water partition coefficient (Wildman–Crippen LogP) is 1.83. The van der Waals surface area contributed by atoms with Gasteiger partial charge in [-0.2, -0.15) is 0 Å². The Morgan fingerprint density at radius 1 is 1.17 bits per heavy atom. The number of hydrogen-bond acceptors (Lipinski definition) is 3. The van der Waals surface area contributed by atoms with E-state index in [-0.39, 0.29) is 0 Å². The van der Waals surface area contributed by atoms with Crippen LogP contribution in [0.4, 0.5) is 0 Å². The lowest BCUT2D eigenvalue weighted by Crippen LogP contribution is -2.26. The molecule has 0 saturated carbocycles. The molecule has 0 heterocycles. The van der Waals surface area contributed by atoms with Crippen molar-refractivity contribution in [2.75, 3.05) is 20.1 Å². The molecule has 18 heavy (non-hydrogen) atoms. The Morgan fingerprint density at radius 2 is 1.78 bits per heavy atom. The number of nitrogens with zero attached hydrogens (tertiary/aromatic N) is 1. The Balaban J connectivity index is 2.77. The van der Waals surface area contributed by atoms with E-state index in [4.69, 9.17) is 0 Å². The summed E-state index contributed by atoms with van der Waals surface area (Å²) in [4.78, 5) is 0.353. The number of benzene rings is 1. The van der Waals surface area contributed by atoms with Gasteiger partial charge in [0.05, 0.1) is 4.90 Å². The molecule has 0 atom stereocenters. The van der Waals surface area contributed by atoms with Crippen molar-refractivity contribution in [1.82, 2.24) is 9.62 Å². The van der Waals surface area contributed by atoms with Gasteiger partial charge in [-0.25, -0.2) is 12.7 Å². The molecule has 0 saturated heterocycles. The lowest BCUT2D eigenvalue weighted by atomic mass is 10.2. The monoisotopic (exact) mass is 270 g/mol. The van der Waals surface area contributed by atoms with Gasteiger partial charge in [-0.3, -0.25) is 0 Å². The summed E-state index contributed by atoms with van der Waals surface area (Å²) in [6, 6.07) is 7.06. The Morgan fingerprint density at radius 3 is 2.28 bits per heavy atom. The largest absolute Gasteiger partial charge is 0.313 e. The number of sulfonamides is 1. The molecule has 0 aliphatic rings. The maximum atomic E-state index is 12.0. The van der Waals surface area contributed by atoms with Gasteiger partial charge in [0, 0.05) is 20.1 Å². The van der Waals surface area contributed by atoms with Crippen LogP contribution in [-0.2, 0) is 16.6 Å². The first-order chi connectivity index (χ1) is 8.52. The van der Waals surface area contributed by atoms with Crippen molar-refractivity contribution in [2.24, 2.45) is 0 Å². The van der Waals surface area contributed by atoms with E-state index in [0.29, 0.717) is 11.4 Å². The Kier molecular flexibility index (Phi) is 5.78. The summed E-state index contributed by atoms with van der Waals surface area (Å²) in [5.74, 6) is 0. The van der Waals surface area contributed by atoms with Crippen molar-refractivity contribution in [3.05, 3.63) is 29.8 Å². The third-order valence-corrected chi connectivity index (χ3v) is 4.78. The quantitative estimate of drug-likeness (QED) is 0.769. The average Bonchev–Trinajstić information content (AvgIpc) is 2.38. The molecule has 102 valence electrons. The van der Waals surface area contributed by atoms with Crippen LogP contribution >= 0.6 is 0 Å². The van der Waals surface area contributed by atoms with Crippen molar-refractivity contribution in [2.45, 2.75) is 31.7 Å². The lowest BCUT2D eigenvalue weighted by molar-refractivity contribution is 0.486. The number of nitrogens with one attached hydrogen (secondary N) is 1. The third-order valence-electron chi connectivity index (χ3n) is 2.83. The summed E-state index contributed by atoms with van der Waals surface area (Å²) in [5, 5.41) is 3.28. The Labute approximate surface area is 110 Å². The second kappa shape index (κ2) is 6.87. The van der Waals surface area contributed by atoms with E-state index in [2.05, 4.69) is 12.2 Å². The smallest absolute Gasteiger partial charge is 0.242 e. The van der Waals surface area contributed by atoms with E-state index in [1.165, 1.54) is 4.31 Å². The first kappa shape index (κ1) is 15.1. The van der Waals surface area contributed by atoms with Gasteiger partial charge in [0.15, 0.2) is 0 Å². The molecule has 0 unspecified atom stereocenters. The summed E-state index contributed by atoms with van der Waals surface area (Å²) in [7, 11) is -1.73. The Hall–Kier alpha value is -0.910. The van der Waals surface area contributed by atoms with Crippen LogP contribution in [0.2, 0.25) is 0 Å². The SMILES string of the molecule is CCCNCc1ccc(S(=O)(=O)N(C)CC)cc1. The van der Waals surface area contributed by atoms with Crippen LogP contribution < -0.4 is 5.32 Å². The molecular weight excluding hydrogens is 248 g/mol. The van der Waals surface area contributed by atoms with Gasteiger partial charge in [0.25, 0.3) is 0 Å². The predicted molar refractivity (Wildman–Crippen MR) is 73.9 cm³/mol. The van der Waals surface area contributed by atoms with Crippen LogP contribution in [0.5, 0.6) is 0 Å². The zero-order chi connectivity index (χ0) is 13.6. The summed E-state index contributed by atoms with van der Waals surface area (Å²) in [5.41, 5.74) is 1.10. The maximum absolute atomic E-state index is 12.0. The van der Waals surface area contributed by atoms with Crippen LogP contribution in [0.25, 0.3) is 0 Å². The zero-order valence-electron chi connectivity index (χ0n) is 11.3. The van der Waals surface area contributed by atoms with Gasteiger partial charge >= 0.3 is 0 Å².